The van der Waals surface area contributed by atoms with E-state index in [0.717, 1.165) is 0 Å². The number of hydrogen-bond donors (Lipinski definition) is 0. The van der Waals surface area contributed by atoms with Gasteiger partial charge in [0.15, 0.2) is 0 Å². The van der Waals surface area contributed by atoms with Gasteiger partial charge in [0.05, 0.1) is 0 Å². The van der Waals surface area contributed by atoms with E-state index in [1.54, 1.807) is 11.1 Å². The molecule has 2 spiro atoms. The van der Waals surface area contributed by atoms with Crippen LogP contribution in [-0.4, -0.2) is 0 Å². The van der Waals surface area contributed by atoms with Gasteiger partial charge >= 0.3 is 0 Å². The fourth-order valence-corrected chi connectivity index (χ4v) is 11.5. The molecule has 54 heavy (non-hydrogen) atoms. The molecular weight excluding hydrogens is 649 g/mol. The molecule has 11 rings (SSSR count). The van der Waals surface area contributed by atoms with Crippen LogP contribution in [0, 0.1) is 0 Å². The van der Waals surface area contributed by atoms with Crippen LogP contribution in [0.1, 0.15) is 97.6 Å². The minimum absolute atomic E-state index is 0.155. The Morgan fingerprint density at radius 1 is 0.296 bits per heavy atom. The van der Waals surface area contributed by atoms with Gasteiger partial charge < -0.3 is 0 Å². The molecule has 262 valence electrons. The topological polar surface area (TPSA) is 0 Å². The molecule has 0 bridgehead atoms. The Morgan fingerprint density at radius 3 is 0.981 bits per heavy atom. The normalized spacial score (nSPS) is 18.1. The maximum atomic E-state index is 2.50. The minimum Gasteiger partial charge on any atom is -0.0619 e. The van der Waals surface area contributed by atoms with E-state index < -0.39 is 0 Å². The third-order valence-electron chi connectivity index (χ3n) is 13.9. The maximum Gasteiger partial charge on any atom is 0.0215 e. The zero-order valence-electron chi connectivity index (χ0n) is 31.1. The lowest BCUT2D eigenvalue weighted by molar-refractivity contribution is 0.372. The second-order valence-electron chi connectivity index (χ2n) is 16.6. The van der Waals surface area contributed by atoms with Crippen LogP contribution >= 0.6 is 0 Å². The zero-order valence-corrected chi connectivity index (χ0v) is 31.1. The molecule has 0 heteroatoms. The van der Waals surface area contributed by atoms with Crippen molar-refractivity contribution in [2.75, 3.05) is 0 Å². The summed E-state index contributed by atoms with van der Waals surface area (Å²) in [4.78, 5) is 0. The molecule has 0 N–H and O–H groups in total. The largest absolute Gasteiger partial charge is 0.0619 e. The molecule has 0 saturated heterocycles. The molecule has 0 atom stereocenters. The van der Waals surface area contributed by atoms with Crippen molar-refractivity contribution < 1.29 is 0 Å². The van der Waals surface area contributed by atoms with E-state index >= 15 is 0 Å². The van der Waals surface area contributed by atoms with Crippen molar-refractivity contribution in [3.63, 3.8) is 0 Å². The van der Waals surface area contributed by atoms with Crippen LogP contribution in [0.15, 0.2) is 146 Å². The lowest BCUT2D eigenvalue weighted by Crippen LogP contribution is -2.28. The van der Waals surface area contributed by atoms with E-state index in [1.807, 2.05) is 0 Å². The standard InChI is InChI=1S/C54H46/c1-11-31-53(32-12-1)47-21-9-3-15-41(47)35-49(53)37-23-27-39(28-24-37)51-43-17-5-7-19-45(43)52(46-20-8-6-18-44(46)51)40-29-25-38(26-30-40)50-36-42-16-4-10-22-48(42)54(50)33-13-2-14-34-54/h3-10,15-30,35-36H,1-2,11-14,31-34H2. The van der Waals surface area contributed by atoms with Crippen LogP contribution < -0.4 is 0 Å². The molecule has 7 aromatic rings. The van der Waals surface area contributed by atoms with Gasteiger partial charge in [-0.05, 0) is 126 Å². The first-order valence-corrected chi connectivity index (χ1v) is 20.5. The third kappa shape index (κ3) is 4.75. The first-order valence-electron chi connectivity index (χ1n) is 20.5. The molecule has 0 radical (unpaired) electrons. The van der Waals surface area contributed by atoms with Crippen molar-refractivity contribution in [3.8, 4) is 22.3 Å². The highest BCUT2D eigenvalue weighted by Crippen LogP contribution is 2.56. The average Bonchev–Trinajstić information content (AvgIpc) is 3.72. The average molecular weight is 695 g/mol. The fourth-order valence-electron chi connectivity index (χ4n) is 11.5. The summed E-state index contributed by atoms with van der Waals surface area (Å²) < 4.78 is 0. The van der Waals surface area contributed by atoms with Crippen LogP contribution in [0.3, 0.4) is 0 Å². The third-order valence-corrected chi connectivity index (χ3v) is 13.9. The van der Waals surface area contributed by atoms with Crippen molar-refractivity contribution in [2.45, 2.75) is 75.0 Å². The number of rotatable bonds is 4. The van der Waals surface area contributed by atoms with Gasteiger partial charge in [0.25, 0.3) is 0 Å². The quantitative estimate of drug-likeness (QED) is 0.161. The predicted molar refractivity (Wildman–Crippen MR) is 230 cm³/mol. The molecule has 0 unspecified atom stereocenters. The molecule has 7 aromatic carbocycles. The summed E-state index contributed by atoms with van der Waals surface area (Å²) in [6, 6.07) is 55.7. The molecule has 2 fully saturated rings. The Bertz CT molecular complexity index is 2390. The Kier molecular flexibility index (Phi) is 7.45. The highest BCUT2D eigenvalue weighted by atomic mass is 14.5. The predicted octanol–water partition coefficient (Wildman–Crippen LogP) is 14.8. The lowest BCUT2D eigenvalue weighted by atomic mass is 9.65. The lowest BCUT2D eigenvalue weighted by Gasteiger charge is -2.38. The Balaban J connectivity index is 1.01. The summed E-state index contributed by atoms with van der Waals surface area (Å²) in [7, 11) is 0. The highest BCUT2D eigenvalue weighted by molar-refractivity contribution is 6.21. The Hall–Kier alpha value is -5.46. The van der Waals surface area contributed by atoms with Gasteiger partial charge in [-0.25, -0.2) is 0 Å². The van der Waals surface area contributed by atoms with Crippen molar-refractivity contribution >= 4 is 44.8 Å². The van der Waals surface area contributed by atoms with Crippen LogP contribution in [0.25, 0.3) is 67.1 Å². The molecule has 4 aliphatic carbocycles. The van der Waals surface area contributed by atoms with E-state index in [9.17, 15) is 0 Å². The minimum atomic E-state index is 0.155. The van der Waals surface area contributed by atoms with E-state index in [2.05, 4.69) is 158 Å². The van der Waals surface area contributed by atoms with Crippen LogP contribution in [0.2, 0.25) is 0 Å². The fraction of sp³-hybridized carbons (Fsp3) is 0.222. The number of fused-ring (bicyclic) bond motifs is 6. The molecule has 0 aliphatic heterocycles. The second kappa shape index (κ2) is 12.6. The van der Waals surface area contributed by atoms with Crippen molar-refractivity contribution in [3.05, 3.63) is 179 Å². The second-order valence-corrected chi connectivity index (χ2v) is 16.6. The summed E-state index contributed by atoms with van der Waals surface area (Å²) in [5.74, 6) is 0. The molecule has 0 nitrogen and oxygen atoms in total. The van der Waals surface area contributed by atoms with Gasteiger partial charge in [-0.3, -0.25) is 0 Å². The molecule has 0 heterocycles. The SMILES string of the molecule is C1=C(c2ccc(-c3c4ccccc4c(-c4ccc(C5=Cc6ccccc6C56CCCCC6)cc4)c4ccccc34)cc2)C2(CCCCC2)c2ccccc21. The first-order chi connectivity index (χ1) is 26.7. The molecule has 4 aliphatic rings. The van der Waals surface area contributed by atoms with Crippen molar-refractivity contribution in [2.24, 2.45) is 0 Å². The molecule has 2 saturated carbocycles. The van der Waals surface area contributed by atoms with Gasteiger partial charge in [-0.15, -0.1) is 0 Å². The number of benzene rings is 7. The maximum absolute atomic E-state index is 2.50. The summed E-state index contributed by atoms with van der Waals surface area (Å²) >= 11 is 0. The summed E-state index contributed by atoms with van der Waals surface area (Å²) in [5, 5.41) is 5.26. The summed E-state index contributed by atoms with van der Waals surface area (Å²) in [6.07, 6.45) is 17.9. The molecule has 0 aromatic heterocycles. The summed E-state index contributed by atoms with van der Waals surface area (Å²) in [5.41, 5.74) is 17.3. The highest BCUT2D eigenvalue weighted by Gasteiger charge is 2.43. The Labute approximate surface area is 319 Å². The monoisotopic (exact) mass is 694 g/mol. The van der Waals surface area contributed by atoms with Crippen molar-refractivity contribution in [1.29, 1.82) is 0 Å². The van der Waals surface area contributed by atoms with Crippen LogP contribution in [0.5, 0.6) is 0 Å². The summed E-state index contributed by atoms with van der Waals surface area (Å²) in [6.45, 7) is 0. The van der Waals surface area contributed by atoms with Gasteiger partial charge in [-0.1, -0.05) is 184 Å². The zero-order chi connectivity index (χ0) is 35.7. The van der Waals surface area contributed by atoms with E-state index in [0.29, 0.717) is 0 Å². The number of allylic oxidation sites excluding steroid dienone is 2. The number of hydrogen-bond acceptors (Lipinski definition) is 0. The van der Waals surface area contributed by atoms with E-state index in [4.69, 9.17) is 0 Å². The molecular formula is C54H46. The first kappa shape index (κ1) is 32.0. The van der Waals surface area contributed by atoms with Crippen molar-refractivity contribution in [1.82, 2.24) is 0 Å². The van der Waals surface area contributed by atoms with Gasteiger partial charge in [0.2, 0.25) is 0 Å². The van der Waals surface area contributed by atoms with Gasteiger partial charge in [0, 0.05) is 10.8 Å². The smallest absolute Gasteiger partial charge is 0.0215 e. The van der Waals surface area contributed by atoms with Gasteiger partial charge in [0.1, 0.15) is 0 Å². The molecule has 0 amide bonds. The van der Waals surface area contributed by atoms with Crippen LogP contribution in [-0.2, 0) is 10.8 Å². The van der Waals surface area contributed by atoms with E-state index in [1.165, 1.54) is 141 Å². The van der Waals surface area contributed by atoms with Crippen LogP contribution in [0.4, 0.5) is 0 Å². The Morgan fingerprint density at radius 2 is 0.611 bits per heavy atom. The van der Waals surface area contributed by atoms with Gasteiger partial charge in [-0.2, -0.15) is 0 Å². The van der Waals surface area contributed by atoms with E-state index in [-0.39, 0.29) is 10.8 Å².